The highest BCUT2D eigenvalue weighted by Gasteiger charge is 2.32. The first kappa shape index (κ1) is 12.8. The molecular weight excluding hydrogens is 268 g/mol. The maximum Gasteiger partial charge on any atom is 0.0779 e. The van der Waals surface area contributed by atoms with Crippen molar-refractivity contribution in [1.29, 1.82) is 0 Å². The summed E-state index contributed by atoms with van der Waals surface area (Å²) in [6.45, 7) is 2.72. The Morgan fingerprint density at radius 2 is 1.94 bits per heavy atom. The molecule has 0 bridgehead atoms. The molecule has 0 aromatic rings. The fourth-order valence-corrected chi connectivity index (χ4v) is 3.42. The third-order valence-electron chi connectivity index (χ3n) is 3.91. The smallest absolute Gasteiger partial charge is 0.0779 e. The molecule has 1 aliphatic carbocycles. The van der Waals surface area contributed by atoms with Gasteiger partial charge in [-0.3, -0.25) is 0 Å². The van der Waals surface area contributed by atoms with Gasteiger partial charge >= 0.3 is 0 Å². The molecule has 1 atom stereocenters. The zero-order valence-electron chi connectivity index (χ0n) is 10.0. The summed E-state index contributed by atoms with van der Waals surface area (Å²) in [5.41, 5.74) is 0.124. The van der Waals surface area contributed by atoms with Crippen LogP contribution in [0, 0.1) is 5.92 Å². The van der Waals surface area contributed by atoms with E-state index in [1.54, 1.807) is 0 Å². The van der Waals surface area contributed by atoms with Crippen molar-refractivity contribution in [3.8, 4) is 0 Å². The lowest BCUT2D eigenvalue weighted by atomic mass is 9.96. The Kier molecular flexibility index (Phi) is 5.11. The predicted octanol–water partition coefficient (Wildman–Crippen LogP) is 3.53. The Bertz CT molecular complexity index is 194. The fraction of sp³-hybridized carbons (Fsp3) is 1.00. The minimum atomic E-state index is 0.124. The lowest BCUT2D eigenvalue weighted by Gasteiger charge is -2.32. The van der Waals surface area contributed by atoms with Crippen LogP contribution in [0.2, 0.25) is 0 Å². The molecule has 0 aromatic carbocycles. The van der Waals surface area contributed by atoms with Gasteiger partial charge in [0.15, 0.2) is 0 Å². The third-order valence-corrected chi connectivity index (χ3v) is 4.93. The Hall–Kier alpha value is 0.400. The third kappa shape index (κ3) is 3.44. The average Bonchev–Trinajstić information content (AvgIpc) is 2.72. The van der Waals surface area contributed by atoms with E-state index in [2.05, 4.69) is 15.9 Å². The molecular formula is C13H23BrO2. The van der Waals surface area contributed by atoms with E-state index in [9.17, 15) is 0 Å². The largest absolute Gasteiger partial charge is 0.381 e. The standard InChI is InChI=1S/C13H23BrO2/c14-11-13(6-3-1-2-4-7-13)16-10-12-5-8-15-9-12/h12H,1-11H2. The van der Waals surface area contributed by atoms with E-state index in [1.807, 2.05) is 0 Å². The first-order valence-electron chi connectivity index (χ1n) is 6.62. The van der Waals surface area contributed by atoms with Crippen molar-refractivity contribution < 1.29 is 9.47 Å². The minimum Gasteiger partial charge on any atom is -0.381 e. The molecule has 2 fully saturated rings. The van der Waals surface area contributed by atoms with E-state index < -0.39 is 0 Å². The maximum absolute atomic E-state index is 6.26. The van der Waals surface area contributed by atoms with E-state index in [1.165, 1.54) is 44.9 Å². The van der Waals surface area contributed by atoms with Gasteiger partial charge < -0.3 is 9.47 Å². The molecule has 1 aliphatic heterocycles. The summed E-state index contributed by atoms with van der Waals surface area (Å²) in [5.74, 6) is 0.638. The van der Waals surface area contributed by atoms with Gasteiger partial charge in [-0.05, 0) is 19.3 Å². The molecule has 2 rings (SSSR count). The van der Waals surface area contributed by atoms with E-state index in [4.69, 9.17) is 9.47 Å². The van der Waals surface area contributed by atoms with Gasteiger partial charge in [-0.15, -0.1) is 0 Å². The Morgan fingerprint density at radius 1 is 1.19 bits per heavy atom. The summed E-state index contributed by atoms with van der Waals surface area (Å²) in [6.07, 6.45) is 9.05. The highest BCUT2D eigenvalue weighted by molar-refractivity contribution is 9.09. The van der Waals surface area contributed by atoms with Gasteiger partial charge in [0.05, 0.1) is 18.8 Å². The minimum absolute atomic E-state index is 0.124. The highest BCUT2D eigenvalue weighted by Crippen LogP contribution is 2.33. The van der Waals surface area contributed by atoms with Crippen molar-refractivity contribution in [3.63, 3.8) is 0 Å². The van der Waals surface area contributed by atoms with Crippen LogP contribution in [0.15, 0.2) is 0 Å². The molecule has 0 amide bonds. The van der Waals surface area contributed by atoms with Crippen molar-refractivity contribution in [1.82, 2.24) is 0 Å². The second-order valence-corrected chi connectivity index (χ2v) is 5.83. The van der Waals surface area contributed by atoms with Gasteiger partial charge in [-0.1, -0.05) is 41.6 Å². The molecule has 0 spiro atoms. The highest BCUT2D eigenvalue weighted by atomic mass is 79.9. The topological polar surface area (TPSA) is 18.5 Å². The van der Waals surface area contributed by atoms with Crippen LogP contribution in [-0.4, -0.2) is 30.8 Å². The summed E-state index contributed by atoms with van der Waals surface area (Å²) in [5, 5.41) is 0.994. The Balaban J connectivity index is 1.81. The van der Waals surface area contributed by atoms with Gasteiger partial charge in [-0.2, -0.15) is 0 Å². The molecule has 1 saturated heterocycles. The van der Waals surface area contributed by atoms with E-state index in [-0.39, 0.29) is 5.60 Å². The molecule has 2 aliphatic rings. The first-order valence-corrected chi connectivity index (χ1v) is 7.74. The molecule has 0 aromatic heterocycles. The van der Waals surface area contributed by atoms with E-state index >= 15 is 0 Å². The van der Waals surface area contributed by atoms with Gasteiger partial charge in [-0.25, -0.2) is 0 Å². The number of rotatable bonds is 4. The molecule has 1 unspecified atom stereocenters. The molecule has 1 saturated carbocycles. The van der Waals surface area contributed by atoms with Crippen LogP contribution in [0.25, 0.3) is 0 Å². The number of hydrogen-bond acceptors (Lipinski definition) is 2. The molecule has 2 nitrogen and oxygen atoms in total. The van der Waals surface area contributed by atoms with Gasteiger partial charge in [0.2, 0.25) is 0 Å². The second kappa shape index (κ2) is 6.36. The summed E-state index contributed by atoms with van der Waals surface area (Å²) in [6, 6.07) is 0. The first-order chi connectivity index (χ1) is 7.85. The average molecular weight is 291 g/mol. The van der Waals surface area contributed by atoms with Crippen LogP contribution in [0.3, 0.4) is 0 Å². The second-order valence-electron chi connectivity index (χ2n) is 5.27. The van der Waals surface area contributed by atoms with Crippen LogP contribution in [-0.2, 0) is 9.47 Å². The molecule has 94 valence electrons. The Morgan fingerprint density at radius 3 is 2.50 bits per heavy atom. The molecule has 3 heteroatoms. The van der Waals surface area contributed by atoms with E-state index in [0.717, 1.165) is 25.2 Å². The normalized spacial score (nSPS) is 30.2. The monoisotopic (exact) mass is 290 g/mol. The van der Waals surface area contributed by atoms with Gasteiger partial charge in [0, 0.05) is 17.9 Å². The van der Waals surface area contributed by atoms with Gasteiger partial charge in [0.1, 0.15) is 0 Å². The maximum atomic E-state index is 6.26. The zero-order chi connectivity index (χ0) is 11.3. The lowest BCUT2D eigenvalue weighted by molar-refractivity contribution is -0.0537. The summed E-state index contributed by atoms with van der Waals surface area (Å²) < 4.78 is 11.7. The SMILES string of the molecule is BrCC1(OCC2CCOC2)CCCCCC1. The molecule has 0 radical (unpaired) electrons. The number of halogens is 1. The summed E-state index contributed by atoms with van der Waals surface area (Å²) >= 11 is 3.66. The quantitative estimate of drug-likeness (QED) is 0.583. The van der Waals surface area contributed by atoms with Gasteiger partial charge in [0.25, 0.3) is 0 Å². The summed E-state index contributed by atoms with van der Waals surface area (Å²) in [7, 11) is 0. The predicted molar refractivity (Wildman–Crippen MR) is 69.1 cm³/mol. The molecule has 16 heavy (non-hydrogen) atoms. The van der Waals surface area contributed by atoms with Crippen molar-refractivity contribution >= 4 is 15.9 Å². The zero-order valence-corrected chi connectivity index (χ0v) is 11.6. The van der Waals surface area contributed by atoms with Crippen LogP contribution >= 0.6 is 15.9 Å². The van der Waals surface area contributed by atoms with Crippen molar-refractivity contribution in [3.05, 3.63) is 0 Å². The molecule has 0 N–H and O–H groups in total. The fourth-order valence-electron chi connectivity index (χ4n) is 2.70. The number of alkyl halides is 1. The number of hydrogen-bond donors (Lipinski definition) is 0. The Labute approximate surface area is 107 Å². The van der Waals surface area contributed by atoms with Crippen molar-refractivity contribution in [2.45, 2.75) is 50.5 Å². The van der Waals surface area contributed by atoms with E-state index in [0.29, 0.717) is 5.92 Å². The van der Waals surface area contributed by atoms with Crippen LogP contribution in [0.5, 0.6) is 0 Å². The van der Waals surface area contributed by atoms with Crippen LogP contribution < -0.4 is 0 Å². The van der Waals surface area contributed by atoms with Crippen molar-refractivity contribution in [2.24, 2.45) is 5.92 Å². The lowest BCUT2D eigenvalue weighted by Crippen LogP contribution is -2.36. The van der Waals surface area contributed by atoms with Crippen LogP contribution in [0.1, 0.15) is 44.9 Å². The van der Waals surface area contributed by atoms with Crippen LogP contribution in [0.4, 0.5) is 0 Å². The van der Waals surface area contributed by atoms with Crippen molar-refractivity contribution in [2.75, 3.05) is 25.2 Å². The molecule has 1 heterocycles. The summed E-state index contributed by atoms with van der Waals surface area (Å²) in [4.78, 5) is 0. The number of ether oxygens (including phenoxy) is 2.